The van der Waals surface area contributed by atoms with Gasteiger partial charge in [-0.2, -0.15) is 0 Å². The van der Waals surface area contributed by atoms with Crippen LogP contribution in [0.25, 0.3) is 6.08 Å². The summed E-state index contributed by atoms with van der Waals surface area (Å²) in [5.74, 6) is 0.419. The number of ether oxygens (including phenoxy) is 1. The van der Waals surface area contributed by atoms with Gasteiger partial charge in [0.15, 0.2) is 0 Å². The van der Waals surface area contributed by atoms with Crippen LogP contribution in [0.2, 0.25) is 0 Å². The average Bonchev–Trinajstić information content (AvgIpc) is 2.46. The number of esters is 1. The van der Waals surface area contributed by atoms with Crippen LogP contribution in [-0.4, -0.2) is 18.8 Å². The molecule has 0 spiro atoms. The maximum Gasteiger partial charge on any atom is 0.334 e. The molecule has 1 aliphatic rings. The zero-order valence-corrected chi connectivity index (χ0v) is 10.9. The largest absolute Gasteiger partial charge is 0.466 e. The summed E-state index contributed by atoms with van der Waals surface area (Å²) >= 11 is 1.64. The molecule has 1 aliphatic heterocycles. The fourth-order valence-corrected chi connectivity index (χ4v) is 2.41. The van der Waals surface area contributed by atoms with Crippen LogP contribution in [0.15, 0.2) is 59.0 Å². The molecule has 0 saturated heterocycles. The van der Waals surface area contributed by atoms with E-state index in [0.717, 1.165) is 4.91 Å². The van der Waals surface area contributed by atoms with E-state index in [1.165, 1.54) is 12.7 Å². The van der Waals surface area contributed by atoms with E-state index < -0.39 is 0 Å². The van der Waals surface area contributed by atoms with Gasteiger partial charge in [0.25, 0.3) is 0 Å². The smallest absolute Gasteiger partial charge is 0.334 e. The predicted octanol–water partition coefficient (Wildman–Crippen LogP) is 3.43. The van der Waals surface area contributed by atoms with Gasteiger partial charge in [0, 0.05) is 16.2 Å². The molecule has 0 radical (unpaired) electrons. The summed E-state index contributed by atoms with van der Waals surface area (Å²) in [5.41, 5.74) is 1.88. The predicted molar refractivity (Wildman–Crippen MR) is 76.1 cm³/mol. The lowest BCUT2D eigenvalue weighted by molar-refractivity contribution is -0.135. The number of hydrogen-bond donors (Lipinski definition) is 0. The lowest BCUT2D eigenvalue weighted by atomic mass is 10.2. The second-order valence-electron chi connectivity index (χ2n) is 3.79. The molecule has 92 valence electrons. The first kappa shape index (κ1) is 12.7. The van der Waals surface area contributed by atoms with E-state index in [1.807, 2.05) is 30.4 Å². The van der Waals surface area contributed by atoms with Crippen molar-refractivity contribution < 1.29 is 9.53 Å². The third kappa shape index (κ3) is 3.37. The molecule has 18 heavy (non-hydrogen) atoms. The molecular weight excluding hydrogens is 244 g/mol. The maximum absolute atomic E-state index is 11.3. The third-order valence-electron chi connectivity index (χ3n) is 2.53. The van der Waals surface area contributed by atoms with Crippen molar-refractivity contribution in [1.82, 2.24) is 0 Å². The number of hydrogen-bond acceptors (Lipinski definition) is 3. The summed E-state index contributed by atoms with van der Waals surface area (Å²) in [6.45, 7) is 0. The number of benzene rings is 1. The minimum absolute atomic E-state index is 0.246. The van der Waals surface area contributed by atoms with Gasteiger partial charge in [-0.25, -0.2) is 4.79 Å². The Hall–Kier alpha value is -1.74. The highest BCUT2D eigenvalue weighted by Gasteiger charge is 2.12. The number of thioether (sulfide) groups is 1. The summed E-state index contributed by atoms with van der Waals surface area (Å²) in [7, 11) is 1.41. The van der Waals surface area contributed by atoms with E-state index in [-0.39, 0.29) is 5.97 Å². The van der Waals surface area contributed by atoms with Crippen LogP contribution in [0.3, 0.4) is 0 Å². The molecule has 0 N–H and O–H groups in total. The molecular formula is C15H14O2S. The van der Waals surface area contributed by atoms with Gasteiger partial charge in [-0.3, -0.25) is 0 Å². The molecule has 0 bridgehead atoms. The molecule has 0 fully saturated rings. The molecule has 2 nitrogen and oxygen atoms in total. The molecule has 2 rings (SSSR count). The Morgan fingerprint density at radius 2 is 2.00 bits per heavy atom. The average molecular weight is 258 g/mol. The summed E-state index contributed by atoms with van der Waals surface area (Å²) in [5, 5.41) is 0. The number of rotatable bonds is 3. The molecule has 0 unspecified atom stereocenters. The zero-order valence-electron chi connectivity index (χ0n) is 10.1. The summed E-state index contributed by atoms with van der Waals surface area (Å²) in [6.07, 6.45) is 7.90. The van der Waals surface area contributed by atoms with Gasteiger partial charge in [-0.1, -0.05) is 36.4 Å². The second kappa shape index (κ2) is 6.26. The highest BCUT2D eigenvalue weighted by Crippen LogP contribution is 2.26. The van der Waals surface area contributed by atoms with E-state index in [1.54, 1.807) is 11.8 Å². The second-order valence-corrected chi connectivity index (χ2v) is 4.83. The van der Waals surface area contributed by atoms with Crippen LogP contribution in [0.1, 0.15) is 5.56 Å². The van der Waals surface area contributed by atoms with Crippen LogP contribution in [0.5, 0.6) is 0 Å². The minimum Gasteiger partial charge on any atom is -0.466 e. The van der Waals surface area contributed by atoms with E-state index in [0.29, 0.717) is 11.3 Å². The molecule has 1 aromatic carbocycles. The highest BCUT2D eigenvalue weighted by molar-refractivity contribution is 8.03. The highest BCUT2D eigenvalue weighted by atomic mass is 32.2. The van der Waals surface area contributed by atoms with E-state index >= 15 is 0 Å². The van der Waals surface area contributed by atoms with Crippen molar-refractivity contribution >= 4 is 23.8 Å². The molecule has 0 saturated carbocycles. The van der Waals surface area contributed by atoms with E-state index in [2.05, 4.69) is 29.0 Å². The molecule has 0 aromatic heterocycles. The van der Waals surface area contributed by atoms with Crippen molar-refractivity contribution in [2.24, 2.45) is 0 Å². The van der Waals surface area contributed by atoms with Crippen molar-refractivity contribution in [3.05, 3.63) is 64.6 Å². The van der Waals surface area contributed by atoms with Gasteiger partial charge < -0.3 is 4.74 Å². The Labute approximate surface area is 111 Å². The van der Waals surface area contributed by atoms with Gasteiger partial charge >= 0.3 is 5.97 Å². The first-order valence-electron chi connectivity index (χ1n) is 5.64. The summed E-state index contributed by atoms with van der Waals surface area (Å²) in [4.78, 5) is 12.4. The Balaban J connectivity index is 2.04. The molecule has 1 aromatic rings. The number of carbonyl (C=O) groups excluding carboxylic acids is 1. The van der Waals surface area contributed by atoms with Gasteiger partial charge in [-0.05, 0) is 23.8 Å². The monoisotopic (exact) mass is 258 g/mol. The normalized spacial score (nSPS) is 15.2. The summed E-state index contributed by atoms with van der Waals surface area (Å²) in [6, 6.07) is 10.1. The molecule has 0 aliphatic carbocycles. The Kier molecular flexibility index (Phi) is 4.42. The Morgan fingerprint density at radius 1 is 1.22 bits per heavy atom. The first-order valence-corrected chi connectivity index (χ1v) is 6.63. The zero-order chi connectivity index (χ0) is 12.8. The van der Waals surface area contributed by atoms with Crippen LogP contribution in [-0.2, 0) is 9.53 Å². The Morgan fingerprint density at radius 3 is 2.61 bits per heavy atom. The van der Waals surface area contributed by atoms with Gasteiger partial charge in [-0.15, -0.1) is 11.8 Å². The maximum atomic E-state index is 11.3. The third-order valence-corrected chi connectivity index (χ3v) is 3.59. The fraction of sp³-hybridized carbons (Fsp3) is 0.133. The van der Waals surface area contributed by atoms with Crippen LogP contribution in [0, 0.1) is 0 Å². The lowest BCUT2D eigenvalue weighted by Gasteiger charge is -2.09. The van der Waals surface area contributed by atoms with Crippen LogP contribution < -0.4 is 0 Å². The fourth-order valence-electron chi connectivity index (χ4n) is 1.54. The first-order chi connectivity index (χ1) is 8.79. The van der Waals surface area contributed by atoms with E-state index in [9.17, 15) is 4.79 Å². The number of carbonyl (C=O) groups is 1. The van der Waals surface area contributed by atoms with Crippen molar-refractivity contribution in [3.8, 4) is 0 Å². The van der Waals surface area contributed by atoms with Crippen molar-refractivity contribution in [2.45, 2.75) is 0 Å². The standard InChI is InChI=1S/C15H14O2S/c1-17-15(16)13-8-10-14(18-11-13)9-7-12-5-3-2-4-6-12/h2-10H,11H2,1H3/b9-7+. The minimum atomic E-state index is -0.246. The number of methoxy groups -OCH3 is 1. The lowest BCUT2D eigenvalue weighted by Crippen LogP contribution is -2.08. The van der Waals surface area contributed by atoms with Gasteiger partial charge in [0.05, 0.1) is 7.11 Å². The molecule has 0 amide bonds. The quantitative estimate of drug-likeness (QED) is 0.777. The molecule has 0 atom stereocenters. The van der Waals surface area contributed by atoms with E-state index in [4.69, 9.17) is 0 Å². The van der Waals surface area contributed by atoms with Crippen molar-refractivity contribution in [1.29, 1.82) is 0 Å². The van der Waals surface area contributed by atoms with Crippen molar-refractivity contribution in [2.75, 3.05) is 12.9 Å². The number of allylic oxidation sites excluding steroid dienone is 3. The van der Waals surface area contributed by atoms with Crippen LogP contribution in [0.4, 0.5) is 0 Å². The van der Waals surface area contributed by atoms with Gasteiger partial charge in [0.2, 0.25) is 0 Å². The summed E-state index contributed by atoms with van der Waals surface area (Å²) < 4.78 is 4.69. The van der Waals surface area contributed by atoms with Gasteiger partial charge in [0.1, 0.15) is 0 Å². The topological polar surface area (TPSA) is 26.3 Å². The molecule has 3 heteroatoms. The van der Waals surface area contributed by atoms with Crippen molar-refractivity contribution in [3.63, 3.8) is 0 Å². The molecule has 1 heterocycles. The Bertz CT molecular complexity index is 513. The van der Waals surface area contributed by atoms with Crippen LogP contribution >= 0.6 is 11.8 Å². The SMILES string of the molecule is COC(=O)C1=CC=C(/C=C/c2ccccc2)SC1.